The fraction of sp³-hybridized carbons (Fsp3) is 0.500. The van der Waals surface area contributed by atoms with E-state index < -0.39 is 41.1 Å². The van der Waals surface area contributed by atoms with E-state index in [4.69, 9.17) is 0 Å². The van der Waals surface area contributed by atoms with Gasteiger partial charge in [-0.05, 0) is 25.0 Å². The van der Waals surface area contributed by atoms with Gasteiger partial charge in [0.15, 0.2) is 0 Å². The molecule has 0 aromatic heterocycles. The minimum absolute atomic E-state index is 0.0500. The molecule has 10 heteroatoms. The van der Waals surface area contributed by atoms with Crippen molar-refractivity contribution in [2.75, 3.05) is 13.1 Å². The van der Waals surface area contributed by atoms with E-state index in [-0.39, 0.29) is 50.0 Å². The molecule has 0 aliphatic carbocycles. The first-order valence-electron chi connectivity index (χ1n) is 9.77. The molecule has 2 atom stereocenters. The molecule has 0 bridgehead atoms. The van der Waals surface area contributed by atoms with Crippen LogP contribution < -0.4 is 16.0 Å². The van der Waals surface area contributed by atoms with E-state index in [1.807, 2.05) is 0 Å². The Morgan fingerprint density at radius 3 is 2.63 bits per heavy atom. The maximum atomic E-state index is 13.5. The van der Waals surface area contributed by atoms with Crippen LogP contribution in [0.3, 0.4) is 0 Å². The highest BCUT2D eigenvalue weighted by Crippen LogP contribution is 2.32. The Bertz CT molecular complexity index is 951. The number of piperidine rings is 1. The van der Waals surface area contributed by atoms with Crippen LogP contribution in [0.1, 0.15) is 52.5 Å². The third-order valence-electron chi connectivity index (χ3n) is 5.81. The molecule has 2 fully saturated rings. The van der Waals surface area contributed by atoms with Crippen molar-refractivity contribution in [2.45, 2.75) is 50.2 Å². The molecule has 4 amide bonds. The first kappa shape index (κ1) is 20.5. The highest BCUT2D eigenvalue weighted by atomic mass is 19.3. The summed E-state index contributed by atoms with van der Waals surface area (Å²) in [5.74, 6) is -5.01. The van der Waals surface area contributed by atoms with E-state index in [2.05, 4.69) is 16.0 Å². The highest BCUT2D eigenvalue weighted by Gasteiger charge is 2.47. The fourth-order valence-electron chi connectivity index (χ4n) is 4.37. The summed E-state index contributed by atoms with van der Waals surface area (Å²) in [5, 5.41) is 8.08. The van der Waals surface area contributed by atoms with Gasteiger partial charge >= 0.3 is 0 Å². The molecule has 160 valence electrons. The summed E-state index contributed by atoms with van der Waals surface area (Å²) in [6, 6.07) is 3.81. The van der Waals surface area contributed by atoms with Crippen LogP contribution in [0.4, 0.5) is 8.78 Å². The number of hydrogen-bond donors (Lipinski definition) is 3. The summed E-state index contributed by atoms with van der Waals surface area (Å²) in [5.41, 5.74) is 0.171. The third-order valence-corrected chi connectivity index (χ3v) is 5.81. The van der Waals surface area contributed by atoms with Gasteiger partial charge < -0.3 is 10.6 Å². The summed E-state index contributed by atoms with van der Waals surface area (Å²) < 4.78 is 27.0. The van der Waals surface area contributed by atoms with E-state index in [0.717, 1.165) is 4.90 Å². The number of benzene rings is 1. The second-order valence-electron chi connectivity index (χ2n) is 8.34. The third kappa shape index (κ3) is 3.61. The zero-order valence-electron chi connectivity index (χ0n) is 16.4. The molecule has 0 saturated carbocycles. The molecule has 30 heavy (non-hydrogen) atoms. The fourth-order valence-corrected chi connectivity index (χ4v) is 4.37. The highest BCUT2D eigenvalue weighted by molar-refractivity contribution is 6.24. The topological polar surface area (TPSA) is 108 Å². The van der Waals surface area contributed by atoms with Crippen molar-refractivity contribution in [2.24, 2.45) is 0 Å². The van der Waals surface area contributed by atoms with Crippen molar-refractivity contribution in [3.8, 4) is 0 Å². The molecule has 2 unspecified atom stereocenters. The van der Waals surface area contributed by atoms with Crippen LogP contribution in [0, 0.1) is 0 Å². The Balaban J connectivity index is 1.49. The van der Waals surface area contributed by atoms with E-state index in [9.17, 15) is 28.0 Å². The van der Waals surface area contributed by atoms with Gasteiger partial charge in [-0.3, -0.25) is 29.4 Å². The number of carbonyl (C=O) groups is 4. The van der Waals surface area contributed by atoms with Gasteiger partial charge in [0.05, 0.1) is 17.7 Å². The molecule has 3 heterocycles. The molecule has 4 rings (SSSR count). The van der Waals surface area contributed by atoms with Gasteiger partial charge in [-0.15, -0.1) is 0 Å². The largest absolute Gasteiger partial charge is 0.311 e. The minimum atomic E-state index is -2.75. The first-order chi connectivity index (χ1) is 14.1. The van der Waals surface area contributed by atoms with Crippen molar-refractivity contribution in [1.29, 1.82) is 0 Å². The number of hydrogen-bond acceptors (Lipinski definition) is 6. The molecule has 0 spiro atoms. The Labute approximate surface area is 171 Å². The van der Waals surface area contributed by atoms with Crippen molar-refractivity contribution in [3.63, 3.8) is 0 Å². The van der Waals surface area contributed by atoms with Gasteiger partial charge in [-0.1, -0.05) is 12.1 Å². The molecular weight excluding hydrogens is 398 g/mol. The van der Waals surface area contributed by atoms with Gasteiger partial charge in [0.1, 0.15) is 6.04 Å². The zero-order valence-corrected chi connectivity index (χ0v) is 16.4. The van der Waals surface area contributed by atoms with Crippen LogP contribution in [0.25, 0.3) is 0 Å². The summed E-state index contributed by atoms with van der Waals surface area (Å²) in [6.45, 7) is 1.79. The SMILES string of the molecule is CC1(CNCc2cccc3c2C(=O)N(C2CCC(=O)NC2=O)C3=O)CC(F)(F)CN1. The number of fused-ring (bicyclic) bond motifs is 1. The number of alkyl halides is 2. The smallest absolute Gasteiger partial charge is 0.262 e. The predicted molar refractivity (Wildman–Crippen MR) is 101 cm³/mol. The van der Waals surface area contributed by atoms with Crippen LogP contribution in [0.5, 0.6) is 0 Å². The number of rotatable bonds is 5. The zero-order chi connectivity index (χ0) is 21.7. The van der Waals surface area contributed by atoms with Crippen LogP contribution in [-0.4, -0.2) is 59.1 Å². The first-order valence-corrected chi connectivity index (χ1v) is 9.77. The average Bonchev–Trinajstić information content (AvgIpc) is 3.09. The van der Waals surface area contributed by atoms with Gasteiger partial charge in [0, 0.05) is 31.5 Å². The molecule has 0 radical (unpaired) electrons. The standard InChI is InChI=1S/C20H22F2N4O4/c1-19(8-20(21,22)10-24-19)9-23-7-11-3-2-4-12-15(11)18(30)26(17(12)29)13-5-6-14(27)25-16(13)28/h2-4,13,23-24H,5-10H2,1H3,(H,25,27,28). The Kier molecular flexibility index (Phi) is 4.94. The Hall–Kier alpha value is -2.72. The van der Waals surface area contributed by atoms with Gasteiger partial charge in [-0.25, -0.2) is 8.78 Å². The second kappa shape index (κ2) is 7.21. The van der Waals surface area contributed by atoms with E-state index >= 15 is 0 Å². The number of amides is 4. The maximum Gasteiger partial charge on any atom is 0.262 e. The number of nitrogens with zero attached hydrogens (tertiary/aromatic N) is 1. The van der Waals surface area contributed by atoms with Crippen molar-refractivity contribution < 1.29 is 28.0 Å². The van der Waals surface area contributed by atoms with E-state index in [1.54, 1.807) is 19.1 Å². The monoisotopic (exact) mass is 420 g/mol. The predicted octanol–water partition coefficient (Wildman–Crippen LogP) is 0.565. The van der Waals surface area contributed by atoms with Crippen molar-refractivity contribution >= 4 is 23.6 Å². The lowest BCUT2D eigenvalue weighted by atomic mass is 9.98. The van der Waals surface area contributed by atoms with Crippen LogP contribution in [0.15, 0.2) is 18.2 Å². The van der Waals surface area contributed by atoms with Gasteiger partial charge in [0.25, 0.3) is 17.7 Å². The van der Waals surface area contributed by atoms with Crippen LogP contribution in [0.2, 0.25) is 0 Å². The maximum absolute atomic E-state index is 13.5. The molecule has 8 nitrogen and oxygen atoms in total. The van der Waals surface area contributed by atoms with Gasteiger partial charge in [-0.2, -0.15) is 0 Å². The van der Waals surface area contributed by atoms with Crippen LogP contribution >= 0.6 is 0 Å². The van der Waals surface area contributed by atoms with E-state index in [1.165, 1.54) is 6.07 Å². The number of imide groups is 2. The molecular formula is C20H22F2N4O4. The summed E-state index contributed by atoms with van der Waals surface area (Å²) in [7, 11) is 0. The summed E-state index contributed by atoms with van der Waals surface area (Å²) in [6.07, 6.45) is -0.156. The molecule has 3 aliphatic heterocycles. The van der Waals surface area contributed by atoms with Crippen molar-refractivity contribution in [1.82, 2.24) is 20.9 Å². The molecule has 3 aliphatic rings. The quantitative estimate of drug-likeness (QED) is 0.601. The minimum Gasteiger partial charge on any atom is -0.311 e. The lowest BCUT2D eigenvalue weighted by molar-refractivity contribution is -0.136. The number of carbonyl (C=O) groups excluding carboxylic acids is 4. The summed E-state index contributed by atoms with van der Waals surface area (Å²) in [4.78, 5) is 50.3. The molecule has 3 N–H and O–H groups in total. The van der Waals surface area contributed by atoms with E-state index in [0.29, 0.717) is 5.56 Å². The lowest BCUT2D eigenvalue weighted by Gasteiger charge is -2.28. The Morgan fingerprint density at radius 2 is 1.97 bits per heavy atom. The normalized spacial score (nSPS) is 28.1. The number of nitrogens with one attached hydrogen (secondary N) is 3. The molecule has 2 saturated heterocycles. The Morgan fingerprint density at radius 1 is 1.20 bits per heavy atom. The van der Waals surface area contributed by atoms with Gasteiger partial charge in [0.2, 0.25) is 11.8 Å². The molecule has 1 aromatic rings. The lowest BCUT2D eigenvalue weighted by Crippen LogP contribution is -2.54. The van der Waals surface area contributed by atoms with Crippen molar-refractivity contribution in [3.05, 3.63) is 34.9 Å². The average molecular weight is 420 g/mol. The molecule has 1 aromatic carbocycles. The second-order valence-corrected chi connectivity index (χ2v) is 8.34. The number of halogens is 2. The summed E-state index contributed by atoms with van der Waals surface area (Å²) >= 11 is 0. The van der Waals surface area contributed by atoms with Crippen LogP contribution in [-0.2, 0) is 16.1 Å².